The minimum atomic E-state index is -3.38. The summed E-state index contributed by atoms with van der Waals surface area (Å²) in [5.41, 5.74) is 0. The first-order valence-corrected chi connectivity index (χ1v) is 7.46. The summed E-state index contributed by atoms with van der Waals surface area (Å²) in [6.45, 7) is 0.648. The molecule has 0 unspecified atom stereocenters. The van der Waals surface area contributed by atoms with Crippen LogP contribution in [0.2, 0.25) is 0 Å². The average Bonchev–Trinajstić information content (AvgIpc) is 2.42. The number of nitrogens with one attached hydrogen (secondary N) is 1. The monoisotopic (exact) mass is 289 g/mol. The molecule has 19 heavy (non-hydrogen) atoms. The molecular weight excluding hydrogens is 270 g/mol. The van der Waals surface area contributed by atoms with Crippen molar-refractivity contribution in [3.8, 4) is 11.5 Å². The molecule has 0 atom stereocenters. The Morgan fingerprint density at radius 3 is 2.42 bits per heavy atom. The highest BCUT2D eigenvalue weighted by Crippen LogP contribution is 2.29. The van der Waals surface area contributed by atoms with Crippen LogP contribution in [-0.2, 0) is 9.84 Å². The molecule has 0 aliphatic heterocycles. The number of rotatable bonds is 8. The van der Waals surface area contributed by atoms with Gasteiger partial charge in [-0.15, -0.1) is 0 Å². The molecule has 2 N–H and O–H groups in total. The molecule has 0 amide bonds. The Balaban J connectivity index is 2.83. The summed E-state index contributed by atoms with van der Waals surface area (Å²) in [4.78, 5) is 0.191. The van der Waals surface area contributed by atoms with Crippen molar-refractivity contribution in [3.05, 3.63) is 18.2 Å². The number of methoxy groups -OCH3 is 2. The quantitative estimate of drug-likeness (QED) is 0.658. The summed E-state index contributed by atoms with van der Waals surface area (Å²) < 4.78 is 34.3. The van der Waals surface area contributed by atoms with E-state index in [-0.39, 0.29) is 23.8 Å². The zero-order valence-corrected chi connectivity index (χ0v) is 11.9. The lowest BCUT2D eigenvalue weighted by molar-refractivity contribution is 0.293. The summed E-state index contributed by atoms with van der Waals surface area (Å²) in [6, 6.07) is 4.50. The van der Waals surface area contributed by atoms with Gasteiger partial charge in [0.1, 0.15) is 0 Å². The van der Waals surface area contributed by atoms with Gasteiger partial charge in [-0.05, 0) is 12.1 Å². The van der Waals surface area contributed by atoms with Crippen LogP contribution < -0.4 is 14.8 Å². The number of aliphatic hydroxyl groups is 1. The zero-order valence-electron chi connectivity index (χ0n) is 11.0. The molecule has 6 nitrogen and oxygen atoms in total. The minimum absolute atomic E-state index is 0.0175. The van der Waals surface area contributed by atoms with Crippen molar-refractivity contribution in [2.45, 2.75) is 4.90 Å². The molecule has 108 valence electrons. The molecule has 1 rings (SSSR count). The van der Waals surface area contributed by atoms with Gasteiger partial charge in [0, 0.05) is 19.2 Å². The number of hydrogen-bond acceptors (Lipinski definition) is 6. The average molecular weight is 289 g/mol. The topological polar surface area (TPSA) is 84.9 Å². The van der Waals surface area contributed by atoms with Gasteiger partial charge in [0.25, 0.3) is 0 Å². The van der Waals surface area contributed by atoms with Crippen molar-refractivity contribution in [3.63, 3.8) is 0 Å². The fourth-order valence-corrected chi connectivity index (χ4v) is 2.75. The molecule has 0 radical (unpaired) electrons. The maximum atomic E-state index is 12.1. The molecule has 0 fully saturated rings. The maximum absolute atomic E-state index is 12.1. The SMILES string of the molecule is COc1ccc(S(=O)(=O)CCNCCO)cc1OC. The smallest absolute Gasteiger partial charge is 0.179 e. The predicted octanol–water partition coefficient (Wildman–Crippen LogP) is 0.0594. The van der Waals surface area contributed by atoms with Crippen LogP contribution in [0.3, 0.4) is 0 Å². The molecule has 0 aromatic heterocycles. The molecule has 7 heteroatoms. The van der Waals surface area contributed by atoms with Crippen LogP contribution in [0.4, 0.5) is 0 Å². The lowest BCUT2D eigenvalue weighted by atomic mass is 10.3. The van der Waals surface area contributed by atoms with Crippen LogP contribution in [0.15, 0.2) is 23.1 Å². The minimum Gasteiger partial charge on any atom is -0.493 e. The fraction of sp³-hybridized carbons (Fsp3) is 0.500. The van der Waals surface area contributed by atoms with Gasteiger partial charge in [-0.3, -0.25) is 0 Å². The summed E-state index contributed by atoms with van der Waals surface area (Å²) in [5, 5.41) is 11.4. The van der Waals surface area contributed by atoms with Crippen molar-refractivity contribution < 1.29 is 23.0 Å². The number of sulfone groups is 1. The third-order valence-corrected chi connectivity index (χ3v) is 4.26. The van der Waals surface area contributed by atoms with Gasteiger partial charge in [0.15, 0.2) is 21.3 Å². The van der Waals surface area contributed by atoms with Crippen LogP contribution in [0.25, 0.3) is 0 Å². The Hall–Kier alpha value is -1.31. The second kappa shape index (κ2) is 7.32. The van der Waals surface area contributed by atoms with Crippen molar-refractivity contribution in [2.24, 2.45) is 0 Å². The maximum Gasteiger partial charge on any atom is 0.179 e. The third kappa shape index (κ3) is 4.38. The normalized spacial score (nSPS) is 11.3. The van der Waals surface area contributed by atoms with E-state index in [1.54, 1.807) is 6.07 Å². The third-order valence-electron chi connectivity index (χ3n) is 2.55. The summed E-state index contributed by atoms with van der Waals surface area (Å²) in [7, 11) is -0.432. The Labute approximate surface area is 113 Å². The van der Waals surface area contributed by atoms with E-state index in [0.717, 1.165) is 0 Å². The molecule has 0 aliphatic carbocycles. The Bertz CT molecular complexity index is 501. The largest absolute Gasteiger partial charge is 0.493 e. The number of benzene rings is 1. The van der Waals surface area contributed by atoms with Gasteiger partial charge in [-0.1, -0.05) is 0 Å². The molecule has 1 aromatic carbocycles. The van der Waals surface area contributed by atoms with Gasteiger partial charge < -0.3 is 19.9 Å². The number of aliphatic hydroxyl groups excluding tert-OH is 1. The highest BCUT2D eigenvalue weighted by molar-refractivity contribution is 7.91. The second-order valence-electron chi connectivity index (χ2n) is 3.81. The number of ether oxygens (including phenoxy) is 2. The van der Waals surface area contributed by atoms with E-state index in [0.29, 0.717) is 18.0 Å². The fourth-order valence-electron chi connectivity index (χ4n) is 1.54. The van der Waals surface area contributed by atoms with E-state index in [1.807, 2.05) is 0 Å². The van der Waals surface area contributed by atoms with E-state index in [9.17, 15) is 8.42 Å². The molecule has 1 aromatic rings. The van der Waals surface area contributed by atoms with Crippen molar-refractivity contribution in [1.29, 1.82) is 0 Å². The first-order chi connectivity index (χ1) is 9.05. The van der Waals surface area contributed by atoms with E-state index >= 15 is 0 Å². The van der Waals surface area contributed by atoms with Crippen molar-refractivity contribution >= 4 is 9.84 Å². The molecule has 0 saturated heterocycles. The zero-order chi connectivity index (χ0) is 14.3. The Kier molecular flexibility index (Phi) is 6.07. The molecular formula is C12H19NO5S. The van der Waals surface area contributed by atoms with Gasteiger partial charge >= 0.3 is 0 Å². The van der Waals surface area contributed by atoms with Crippen LogP contribution >= 0.6 is 0 Å². The lowest BCUT2D eigenvalue weighted by Gasteiger charge is -2.10. The highest BCUT2D eigenvalue weighted by atomic mass is 32.2. The molecule has 0 bridgehead atoms. The Morgan fingerprint density at radius 2 is 1.84 bits per heavy atom. The number of hydrogen-bond donors (Lipinski definition) is 2. The molecule has 0 aliphatic rings. The highest BCUT2D eigenvalue weighted by Gasteiger charge is 2.16. The van der Waals surface area contributed by atoms with Gasteiger partial charge in [-0.2, -0.15) is 0 Å². The van der Waals surface area contributed by atoms with E-state index in [4.69, 9.17) is 14.6 Å². The van der Waals surface area contributed by atoms with Gasteiger partial charge in [0.2, 0.25) is 0 Å². The van der Waals surface area contributed by atoms with Gasteiger partial charge in [0.05, 0.1) is 31.5 Å². The van der Waals surface area contributed by atoms with E-state index < -0.39 is 9.84 Å². The standard InChI is InChI=1S/C12H19NO5S/c1-17-11-4-3-10(9-12(11)18-2)19(15,16)8-6-13-5-7-14/h3-4,9,13-14H,5-8H2,1-2H3. The van der Waals surface area contributed by atoms with Gasteiger partial charge in [-0.25, -0.2) is 8.42 Å². The lowest BCUT2D eigenvalue weighted by Crippen LogP contribution is -2.25. The summed E-state index contributed by atoms with van der Waals surface area (Å²) >= 11 is 0. The van der Waals surface area contributed by atoms with Crippen LogP contribution in [0, 0.1) is 0 Å². The van der Waals surface area contributed by atoms with E-state index in [1.165, 1.54) is 26.4 Å². The first-order valence-electron chi connectivity index (χ1n) is 5.81. The van der Waals surface area contributed by atoms with Crippen LogP contribution in [-0.4, -0.2) is 53.2 Å². The van der Waals surface area contributed by atoms with Crippen molar-refractivity contribution in [1.82, 2.24) is 5.32 Å². The van der Waals surface area contributed by atoms with Crippen LogP contribution in [0.1, 0.15) is 0 Å². The molecule has 0 heterocycles. The predicted molar refractivity (Wildman–Crippen MR) is 71.6 cm³/mol. The van der Waals surface area contributed by atoms with Crippen molar-refractivity contribution in [2.75, 3.05) is 39.7 Å². The summed E-state index contributed by atoms with van der Waals surface area (Å²) in [5.74, 6) is 0.828. The second-order valence-corrected chi connectivity index (χ2v) is 5.92. The molecule has 0 spiro atoms. The Morgan fingerprint density at radius 1 is 1.16 bits per heavy atom. The van der Waals surface area contributed by atoms with E-state index in [2.05, 4.69) is 5.32 Å². The molecule has 0 saturated carbocycles. The summed E-state index contributed by atoms with van der Waals surface area (Å²) in [6.07, 6.45) is 0. The van der Waals surface area contributed by atoms with Crippen LogP contribution in [0.5, 0.6) is 11.5 Å². The first kappa shape index (κ1) is 15.7.